The van der Waals surface area contributed by atoms with Gasteiger partial charge in [-0.3, -0.25) is 0 Å². The summed E-state index contributed by atoms with van der Waals surface area (Å²) in [5.41, 5.74) is 1.73. The minimum atomic E-state index is 0.731. The summed E-state index contributed by atoms with van der Waals surface area (Å²) in [5.74, 6) is 2.25. The van der Waals surface area contributed by atoms with Crippen molar-refractivity contribution in [3.05, 3.63) is 36.0 Å². The lowest BCUT2D eigenvalue weighted by Gasteiger charge is -2.12. The highest BCUT2D eigenvalue weighted by atomic mass is 32.1. The van der Waals surface area contributed by atoms with Gasteiger partial charge in [0.15, 0.2) is 5.82 Å². The Bertz CT molecular complexity index is 742. The molecule has 5 nitrogen and oxygen atoms in total. The summed E-state index contributed by atoms with van der Waals surface area (Å²) in [6.07, 6.45) is 1.55. The van der Waals surface area contributed by atoms with Gasteiger partial charge in [0.25, 0.3) is 0 Å². The SMILES string of the molecule is COc1ccc(OC)c(Nc2ncnc3ccsc23)c1. The number of nitrogens with one attached hydrogen (secondary N) is 1. The summed E-state index contributed by atoms with van der Waals surface area (Å²) in [6, 6.07) is 7.55. The van der Waals surface area contributed by atoms with Gasteiger partial charge in [0, 0.05) is 6.07 Å². The molecule has 0 aliphatic heterocycles. The number of aromatic nitrogens is 2. The lowest BCUT2D eigenvalue weighted by Crippen LogP contribution is -1.98. The fraction of sp³-hybridized carbons (Fsp3) is 0.143. The smallest absolute Gasteiger partial charge is 0.151 e. The van der Waals surface area contributed by atoms with Crippen LogP contribution < -0.4 is 14.8 Å². The molecule has 0 bridgehead atoms. The van der Waals surface area contributed by atoms with Crippen molar-refractivity contribution in [1.82, 2.24) is 9.97 Å². The molecule has 0 aliphatic carbocycles. The maximum absolute atomic E-state index is 5.35. The maximum atomic E-state index is 5.35. The summed E-state index contributed by atoms with van der Waals surface area (Å²) in [4.78, 5) is 8.52. The van der Waals surface area contributed by atoms with E-state index in [-0.39, 0.29) is 0 Å². The fourth-order valence-electron chi connectivity index (χ4n) is 1.92. The minimum Gasteiger partial charge on any atom is -0.497 e. The maximum Gasteiger partial charge on any atom is 0.151 e. The normalized spacial score (nSPS) is 10.5. The van der Waals surface area contributed by atoms with Crippen LogP contribution in [0.4, 0.5) is 11.5 Å². The van der Waals surface area contributed by atoms with Gasteiger partial charge in [0.2, 0.25) is 0 Å². The molecule has 0 radical (unpaired) electrons. The Hall–Kier alpha value is -2.34. The van der Waals surface area contributed by atoms with E-state index in [0.717, 1.165) is 33.2 Å². The Balaban J connectivity index is 2.04. The zero-order chi connectivity index (χ0) is 13.9. The molecular formula is C14H13N3O2S. The molecule has 2 heterocycles. The molecule has 0 saturated carbocycles. The summed E-state index contributed by atoms with van der Waals surface area (Å²) in [6.45, 7) is 0. The number of hydrogen-bond donors (Lipinski definition) is 1. The van der Waals surface area contributed by atoms with Gasteiger partial charge in [0.1, 0.15) is 17.8 Å². The molecule has 0 aliphatic rings. The number of fused-ring (bicyclic) bond motifs is 1. The zero-order valence-corrected chi connectivity index (χ0v) is 11.9. The van der Waals surface area contributed by atoms with Gasteiger partial charge in [-0.15, -0.1) is 11.3 Å². The molecular weight excluding hydrogens is 274 g/mol. The number of benzene rings is 1. The predicted octanol–water partition coefficient (Wildman–Crippen LogP) is 3.45. The van der Waals surface area contributed by atoms with Crippen molar-refractivity contribution in [3.8, 4) is 11.5 Å². The number of ether oxygens (including phenoxy) is 2. The molecule has 102 valence electrons. The second-order valence-corrected chi connectivity index (χ2v) is 4.96. The van der Waals surface area contributed by atoms with Crippen molar-refractivity contribution in [2.24, 2.45) is 0 Å². The Morgan fingerprint density at radius 3 is 2.80 bits per heavy atom. The van der Waals surface area contributed by atoms with Gasteiger partial charge >= 0.3 is 0 Å². The van der Waals surface area contributed by atoms with E-state index in [2.05, 4.69) is 15.3 Å². The number of nitrogens with zero attached hydrogens (tertiary/aromatic N) is 2. The van der Waals surface area contributed by atoms with Crippen LogP contribution in [0.5, 0.6) is 11.5 Å². The van der Waals surface area contributed by atoms with E-state index in [1.165, 1.54) is 0 Å². The molecule has 6 heteroatoms. The number of anilines is 2. The highest BCUT2D eigenvalue weighted by molar-refractivity contribution is 7.17. The first-order chi connectivity index (χ1) is 9.81. The molecule has 0 unspecified atom stereocenters. The Morgan fingerprint density at radius 1 is 1.10 bits per heavy atom. The highest BCUT2D eigenvalue weighted by Crippen LogP contribution is 2.34. The molecule has 20 heavy (non-hydrogen) atoms. The van der Waals surface area contributed by atoms with Crippen LogP contribution in [0.25, 0.3) is 10.2 Å². The minimum absolute atomic E-state index is 0.731. The van der Waals surface area contributed by atoms with Crippen molar-refractivity contribution in [2.45, 2.75) is 0 Å². The number of thiophene rings is 1. The van der Waals surface area contributed by atoms with Gasteiger partial charge in [-0.1, -0.05) is 0 Å². The van der Waals surface area contributed by atoms with Gasteiger partial charge < -0.3 is 14.8 Å². The average Bonchev–Trinajstić information content (AvgIpc) is 2.96. The van der Waals surface area contributed by atoms with Crippen molar-refractivity contribution < 1.29 is 9.47 Å². The van der Waals surface area contributed by atoms with E-state index >= 15 is 0 Å². The van der Waals surface area contributed by atoms with Gasteiger partial charge in [-0.2, -0.15) is 0 Å². The number of methoxy groups -OCH3 is 2. The summed E-state index contributed by atoms with van der Waals surface area (Å²) >= 11 is 1.60. The van der Waals surface area contributed by atoms with Crippen LogP contribution in [0.1, 0.15) is 0 Å². The zero-order valence-electron chi connectivity index (χ0n) is 11.1. The third-order valence-electron chi connectivity index (χ3n) is 2.90. The van der Waals surface area contributed by atoms with Gasteiger partial charge in [0.05, 0.1) is 30.1 Å². The third kappa shape index (κ3) is 2.25. The van der Waals surface area contributed by atoms with Crippen LogP contribution in [0.15, 0.2) is 36.0 Å². The largest absolute Gasteiger partial charge is 0.497 e. The molecule has 3 rings (SSSR count). The van der Waals surface area contributed by atoms with Crippen molar-refractivity contribution in [1.29, 1.82) is 0 Å². The molecule has 0 fully saturated rings. The predicted molar refractivity (Wildman–Crippen MR) is 80.2 cm³/mol. The lowest BCUT2D eigenvalue weighted by atomic mass is 10.2. The second kappa shape index (κ2) is 5.34. The second-order valence-electron chi connectivity index (χ2n) is 4.05. The highest BCUT2D eigenvalue weighted by Gasteiger charge is 2.09. The van der Waals surface area contributed by atoms with Crippen molar-refractivity contribution >= 4 is 33.1 Å². The fourth-order valence-corrected chi connectivity index (χ4v) is 2.71. The molecule has 0 spiro atoms. The van der Waals surface area contributed by atoms with Crippen LogP contribution in [-0.2, 0) is 0 Å². The molecule has 0 atom stereocenters. The van der Waals surface area contributed by atoms with E-state index < -0.39 is 0 Å². The van der Waals surface area contributed by atoms with E-state index in [9.17, 15) is 0 Å². The standard InChI is InChI=1S/C14H13N3O2S/c1-18-9-3-4-12(19-2)11(7-9)17-14-13-10(5-6-20-13)15-8-16-14/h3-8H,1-2H3,(H,15,16,17). The molecule has 0 saturated heterocycles. The van der Waals surface area contributed by atoms with E-state index in [1.54, 1.807) is 31.9 Å². The first-order valence-electron chi connectivity index (χ1n) is 5.99. The van der Waals surface area contributed by atoms with Crippen LogP contribution in [0.3, 0.4) is 0 Å². The Morgan fingerprint density at radius 2 is 2.00 bits per heavy atom. The number of hydrogen-bond acceptors (Lipinski definition) is 6. The van der Waals surface area contributed by atoms with Crippen LogP contribution in [0.2, 0.25) is 0 Å². The van der Waals surface area contributed by atoms with E-state index in [1.807, 2.05) is 29.6 Å². The molecule has 3 aromatic rings. The summed E-state index contributed by atoms with van der Waals surface area (Å²) < 4.78 is 11.6. The van der Waals surface area contributed by atoms with Crippen molar-refractivity contribution in [2.75, 3.05) is 19.5 Å². The van der Waals surface area contributed by atoms with Crippen LogP contribution in [-0.4, -0.2) is 24.2 Å². The van der Waals surface area contributed by atoms with E-state index in [4.69, 9.17) is 9.47 Å². The first-order valence-corrected chi connectivity index (χ1v) is 6.87. The lowest BCUT2D eigenvalue weighted by molar-refractivity contribution is 0.405. The monoisotopic (exact) mass is 287 g/mol. The summed E-state index contributed by atoms with van der Waals surface area (Å²) in [7, 11) is 3.27. The Labute approximate surface area is 120 Å². The average molecular weight is 287 g/mol. The topological polar surface area (TPSA) is 56.3 Å². The summed E-state index contributed by atoms with van der Waals surface area (Å²) in [5, 5.41) is 5.27. The van der Waals surface area contributed by atoms with Crippen LogP contribution >= 0.6 is 11.3 Å². The molecule has 1 aromatic carbocycles. The quantitative estimate of drug-likeness (QED) is 0.796. The third-order valence-corrected chi connectivity index (χ3v) is 3.81. The van der Waals surface area contributed by atoms with Crippen LogP contribution in [0, 0.1) is 0 Å². The number of rotatable bonds is 4. The van der Waals surface area contributed by atoms with Gasteiger partial charge in [-0.05, 0) is 23.6 Å². The first kappa shape index (κ1) is 12.7. The van der Waals surface area contributed by atoms with Gasteiger partial charge in [-0.25, -0.2) is 9.97 Å². The molecule has 0 amide bonds. The van der Waals surface area contributed by atoms with E-state index in [0.29, 0.717) is 0 Å². The molecule has 2 aromatic heterocycles. The molecule has 1 N–H and O–H groups in total. The van der Waals surface area contributed by atoms with Crippen molar-refractivity contribution in [3.63, 3.8) is 0 Å². The Kier molecular flexibility index (Phi) is 3.39.